The van der Waals surface area contributed by atoms with Crippen molar-refractivity contribution in [2.45, 2.75) is 62.1 Å². The van der Waals surface area contributed by atoms with Crippen molar-refractivity contribution in [2.24, 2.45) is 11.7 Å². The zero-order valence-electron chi connectivity index (χ0n) is 17.8. The molecule has 0 heterocycles. The lowest BCUT2D eigenvalue weighted by Crippen LogP contribution is -2.52. The molecule has 184 valence electrons. The molecule has 0 bridgehead atoms. The fourth-order valence-corrected chi connectivity index (χ4v) is 4.54. The molecular formula is C20H26F3N3O6S. The summed E-state index contributed by atoms with van der Waals surface area (Å²) in [7, 11) is -4.57. The summed E-state index contributed by atoms with van der Waals surface area (Å²) in [5, 5.41) is 22.8. The average molecular weight is 494 g/mol. The molecule has 2 rings (SSSR count). The maximum Gasteiger partial charge on any atom is 0.416 e. The number of sulfonamides is 1. The number of nitrogens with two attached hydrogens (primary N) is 1. The fourth-order valence-electron chi connectivity index (χ4n) is 3.30. The summed E-state index contributed by atoms with van der Waals surface area (Å²) in [6.45, 7) is 3.61. The Morgan fingerprint density at radius 2 is 1.88 bits per heavy atom. The highest BCUT2D eigenvalue weighted by Crippen LogP contribution is 2.30. The summed E-state index contributed by atoms with van der Waals surface area (Å²) in [6.07, 6.45) is -7.06. The van der Waals surface area contributed by atoms with Crippen LogP contribution in [-0.2, 0) is 25.8 Å². The van der Waals surface area contributed by atoms with Gasteiger partial charge in [0.2, 0.25) is 21.8 Å². The summed E-state index contributed by atoms with van der Waals surface area (Å²) in [6, 6.07) is 0.441. The number of halogens is 3. The van der Waals surface area contributed by atoms with Crippen molar-refractivity contribution in [1.29, 1.82) is 0 Å². The van der Waals surface area contributed by atoms with E-state index in [4.69, 9.17) is 5.73 Å². The van der Waals surface area contributed by atoms with Gasteiger partial charge >= 0.3 is 6.18 Å². The van der Waals surface area contributed by atoms with Crippen molar-refractivity contribution in [3.05, 3.63) is 41.5 Å². The summed E-state index contributed by atoms with van der Waals surface area (Å²) < 4.78 is 66.1. The van der Waals surface area contributed by atoms with E-state index in [9.17, 15) is 41.4 Å². The topological polar surface area (TPSA) is 159 Å². The molecule has 0 aliphatic heterocycles. The second-order valence-corrected chi connectivity index (χ2v) is 9.90. The molecule has 0 unspecified atom stereocenters. The number of hydrogen-bond donors (Lipinski definition) is 5. The maximum atomic E-state index is 12.9. The van der Waals surface area contributed by atoms with Crippen molar-refractivity contribution in [3.8, 4) is 0 Å². The Bertz CT molecular complexity index is 1030. The predicted molar refractivity (Wildman–Crippen MR) is 111 cm³/mol. The van der Waals surface area contributed by atoms with Gasteiger partial charge in [-0.3, -0.25) is 9.59 Å². The molecule has 9 nitrogen and oxygen atoms in total. The maximum absolute atomic E-state index is 12.9. The number of carbonyl (C=O) groups excluding carboxylic acids is 2. The Morgan fingerprint density at radius 3 is 2.42 bits per heavy atom. The number of hydrogen-bond acceptors (Lipinski definition) is 6. The van der Waals surface area contributed by atoms with E-state index < -0.39 is 62.8 Å². The van der Waals surface area contributed by atoms with E-state index in [-0.39, 0.29) is 24.3 Å². The number of carbonyl (C=O) groups is 2. The minimum atomic E-state index is -4.77. The smallest absolute Gasteiger partial charge is 0.390 e. The number of amides is 2. The van der Waals surface area contributed by atoms with Crippen molar-refractivity contribution in [1.82, 2.24) is 10.0 Å². The van der Waals surface area contributed by atoms with E-state index in [0.29, 0.717) is 12.1 Å². The summed E-state index contributed by atoms with van der Waals surface area (Å²) >= 11 is 0. The molecule has 0 radical (unpaired) electrons. The molecule has 4 atom stereocenters. The molecule has 0 fully saturated rings. The Hall–Kier alpha value is -2.48. The first-order valence-corrected chi connectivity index (χ1v) is 11.5. The number of rotatable bonds is 8. The Labute approximate surface area is 188 Å². The first-order valence-electron chi connectivity index (χ1n) is 9.98. The van der Waals surface area contributed by atoms with Crippen LogP contribution < -0.4 is 15.8 Å². The van der Waals surface area contributed by atoms with Gasteiger partial charge in [-0.15, -0.1) is 0 Å². The number of primary amides is 1. The van der Waals surface area contributed by atoms with Gasteiger partial charge in [-0.1, -0.05) is 26.0 Å². The van der Waals surface area contributed by atoms with Crippen LogP contribution in [0, 0.1) is 5.92 Å². The molecule has 6 N–H and O–H groups in total. The number of benzene rings is 1. The molecule has 0 saturated heterocycles. The van der Waals surface area contributed by atoms with E-state index in [2.05, 4.69) is 5.32 Å². The molecule has 2 amide bonds. The summed E-state index contributed by atoms with van der Waals surface area (Å²) in [4.78, 5) is 23.5. The average Bonchev–Trinajstić information content (AvgIpc) is 2.69. The van der Waals surface area contributed by atoms with Crippen LogP contribution in [0.1, 0.15) is 32.3 Å². The van der Waals surface area contributed by atoms with Crippen LogP contribution >= 0.6 is 0 Å². The number of nitrogens with one attached hydrogen (secondary N) is 2. The lowest BCUT2D eigenvalue weighted by atomic mass is 9.90. The highest BCUT2D eigenvalue weighted by Gasteiger charge is 2.37. The van der Waals surface area contributed by atoms with E-state index in [0.717, 1.165) is 18.2 Å². The lowest BCUT2D eigenvalue weighted by Gasteiger charge is -2.31. The number of aliphatic hydroxyl groups excluding tert-OH is 2. The van der Waals surface area contributed by atoms with Crippen molar-refractivity contribution in [3.63, 3.8) is 0 Å². The van der Waals surface area contributed by atoms with Crippen LogP contribution in [0.3, 0.4) is 0 Å². The van der Waals surface area contributed by atoms with Gasteiger partial charge < -0.3 is 21.3 Å². The molecule has 1 aliphatic carbocycles. The third-order valence-electron chi connectivity index (χ3n) is 4.98. The number of alkyl halides is 3. The van der Waals surface area contributed by atoms with Crippen LogP contribution in [0.2, 0.25) is 0 Å². The minimum Gasteiger partial charge on any atom is -0.390 e. The molecule has 1 aromatic carbocycles. The molecular weight excluding hydrogens is 467 g/mol. The van der Waals surface area contributed by atoms with Crippen LogP contribution in [0.15, 0.2) is 40.8 Å². The summed E-state index contributed by atoms with van der Waals surface area (Å²) in [5.74, 6) is -1.56. The van der Waals surface area contributed by atoms with Gasteiger partial charge in [0.15, 0.2) is 0 Å². The van der Waals surface area contributed by atoms with E-state index in [1.165, 1.54) is 0 Å². The largest absolute Gasteiger partial charge is 0.416 e. The van der Waals surface area contributed by atoms with Gasteiger partial charge in [-0.25, -0.2) is 13.1 Å². The Kier molecular flexibility index (Phi) is 8.27. The second kappa shape index (κ2) is 10.2. The van der Waals surface area contributed by atoms with Crippen molar-refractivity contribution < 1.29 is 41.4 Å². The van der Waals surface area contributed by atoms with E-state index in [1.807, 2.05) is 4.72 Å². The zero-order chi connectivity index (χ0) is 25.1. The molecule has 13 heteroatoms. The lowest BCUT2D eigenvalue weighted by molar-refractivity contribution is -0.137. The van der Waals surface area contributed by atoms with Gasteiger partial charge in [-0.05, 0) is 30.5 Å². The van der Waals surface area contributed by atoms with Gasteiger partial charge in [0.25, 0.3) is 0 Å². The van der Waals surface area contributed by atoms with Crippen molar-refractivity contribution in [2.75, 3.05) is 0 Å². The normalized spacial score (nSPS) is 22.5. The van der Waals surface area contributed by atoms with Gasteiger partial charge in [0, 0.05) is 12.0 Å². The molecule has 0 saturated carbocycles. The Balaban J connectivity index is 2.29. The molecule has 0 aromatic heterocycles. The predicted octanol–water partition coefficient (Wildman–Crippen LogP) is 0.420. The van der Waals surface area contributed by atoms with Crippen LogP contribution in [-0.4, -0.2) is 54.7 Å². The van der Waals surface area contributed by atoms with Crippen molar-refractivity contribution >= 4 is 21.8 Å². The quantitative estimate of drug-likeness (QED) is 0.353. The van der Waals surface area contributed by atoms with Gasteiger partial charge in [0.1, 0.15) is 12.1 Å². The Morgan fingerprint density at radius 1 is 1.24 bits per heavy atom. The SMILES string of the molecule is CC(C)C[C@@H](NC(=O)C1=C[C@@H](NS(=O)(=O)c2cccc(C(F)(F)F)c2)[C@@H](O)[C@H](O)C1)C(N)=O. The molecule has 0 spiro atoms. The molecule has 1 aliphatic rings. The van der Waals surface area contributed by atoms with E-state index >= 15 is 0 Å². The van der Waals surface area contributed by atoms with Crippen LogP contribution in [0.4, 0.5) is 13.2 Å². The first kappa shape index (κ1) is 26.8. The first-order chi connectivity index (χ1) is 15.1. The zero-order valence-corrected chi connectivity index (χ0v) is 18.7. The highest BCUT2D eigenvalue weighted by atomic mass is 32.2. The van der Waals surface area contributed by atoms with E-state index in [1.54, 1.807) is 13.8 Å². The number of aliphatic hydroxyl groups is 2. The molecule has 33 heavy (non-hydrogen) atoms. The van der Waals surface area contributed by atoms with Crippen LogP contribution in [0.5, 0.6) is 0 Å². The third kappa shape index (κ3) is 7.00. The minimum absolute atomic E-state index is 0.0163. The fraction of sp³-hybridized carbons (Fsp3) is 0.500. The monoisotopic (exact) mass is 493 g/mol. The highest BCUT2D eigenvalue weighted by molar-refractivity contribution is 7.89. The summed E-state index contributed by atoms with van der Waals surface area (Å²) in [5.41, 5.74) is 3.98. The third-order valence-corrected chi connectivity index (χ3v) is 6.44. The van der Waals surface area contributed by atoms with Gasteiger partial charge in [0.05, 0.1) is 22.6 Å². The van der Waals surface area contributed by atoms with Gasteiger partial charge in [-0.2, -0.15) is 13.2 Å². The second-order valence-electron chi connectivity index (χ2n) is 8.18. The van der Waals surface area contributed by atoms with Crippen LogP contribution in [0.25, 0.3) is 0 Å². The standard InChI is InChI=1S/C20H26F3N3O6S/c1-10(2)6-15(18(24)29)25-19(30)11-7-14(17(28)16(27)8-11)26-33(31,32)13-5-3-4-12(9-13)20(21,22)23/h3-5,7,9-10,14-17,26-28H,6,8H2,1-2H3,(H2,24,29)(H,25,30)/t14-,15-,16-,17-/m1/s1. The molecule has 1 aromatic rings.